The van der Waals surface area contributed by atoms with Crippen LogP contribution in [-0.4, -0.2) is 29.3 Å². The molecule has 1 fully saturated rings. The number of aliphatic hydroxyl groups excluding tert-OH is 1. The lowest BCUT2D eigenvalue weighted by Gasteiger charge is -2.18. The van der Waals surface area contributed by atoms with Crippen molar-refractivity contribution in [3.63, 3.8) is 0 Å². The highest BCUT2D eigenvalue weighted by Crippen LogP contribution is 2.26. The van der Waals surface area contributed by atoms with Gasteiger partial charge in [0.05, 0.1) is 6.10 Å². The summed E-state index contributed by atoms with van der Waals surface area (Å²) >= 11 is 0. The van der Waals surface area contributed by atoms with Crippen LogP contribution in [0.3, 0.4) is 0 Å². The van der Waals surface area contributed by atoms with Crippen LogP contribution in [0.25, 0.3) is 10.8 Å². The Morgan fingerprint density at radius 1 is 1.25 bits per heavy atom. The lowest BCUT2D eigenvalue weighted by Crippen LogP contribution is -2.22. The molecule has 16 heavy (non-hydrogen) atoms. The van der Waals surface area contributed by atoms with E-state index in [0.717, 1.165) is 18.8 Å². The van der Waals surface area contributed by atoms with E-state index in [1.54, 1.807) is 0 Å². The van der Waals surface area contributed by atoms with Gasteiger partial charge in [0.2, 0.25) is 0 Å². The Morgan fingerprint density at radius 3 is 2.94 bits per heavy atom. The molecule has 82 valence electrons. The Kier molecular flexibility index (Phi) is 2.26. The van der Waals surface area contributed by atoms with Gasteiger partial charge in [-0.15, -0.1) is 0 Å². The first-order valence-corrected chi connectivity index (χ1v) is 5.61. The van der Waals surface area contributed by atoms with Crippen molar-refractivity contribution in [3.05, 3.63) is 36.5 Å². The molecule has 1 aliphatic heterocycles. The van der Waals surface area contributed by atoms with E-state index in [2.05, 4.69) is 22.0 Å². The van der Waals surface area contributed by atoms with Crippen LogP contribution in [0.4, 0.5) is 5.82 Å². The molecule has 0 amide bonds. The fraction of sp³-hybridized carbons (Fsp3) is 0.308. The van der Waals surface area contributed by atoms with Gasteiger partial charge in [-0.1, -0.05) is 24.3 Å². The Morgan fingerprint density at radius 2 is 2.12 bits per heavy atom. The van der Waals surface area contributed by atoms with Gasteiger partial charge in [0.15, 0.2) is 0 Å². The van der Waals surface area contributed by atoms with E-state index in [0.29, 0.717) is 6.54 Å². The first-order chi connectivity index (χ1) is 7.84. The van der Waals surface area contributed by atoms with Gasteiger partial charge in [0.25, 0.3) is 0 Å². The number of benzene rings is 1. The maximum Gasteiger partial charge on any atom is 0.136 e. The van der Waals surface area contributed by atoms with Gasteiger partial charge < -0.3 is 10.0 Å². The molecule has 2 aromatic rings. The Bertz CT molecular complexity index is 507. The normalized spacial score (nSPS) is 20.6. The van der Waals surface area contributed by atoms with Crippen LogP contribution in [0, 0.1) is 0 Å². The maximum absolute atomic E-state index is 9.56. The van der Waals surface area contributed by atoms with Crippen molar-refractivity contribution in [2.24, 2.45) is 0 Å². The number of hydrogen-bond donors (Lipinski definition) is 1. The zero-order valence-corrected chi connectivity index (χ0v) is 9.00. The Hall–Kier alpha value is -1.61. The number of fused-ring (bicyclic) bond motifs is 1. The van der Waals surface area contributed by atoms with Crippen molar-refractivity contribution < 1.29 is 5.11 Å². The zero-order chi connectivity index (χ0) is 11.0. The summed E-state index contributed by atoms with van der Waals surface area (Å²) in [5.74, 6) is 0.995. The van der Waals surface area contributed by atoms with Crippen molar-refractivity contribution in [3.8, 4) is 0 Å². The van der Waals surface area contributed by atoms with Gasteiger partial charge in [0, 0.05) is 24.7 Å². The van der Waals surface area contributed by atoms with Gasteiger partial charge in [-0.25, -0.2) is 4.98 Å². The third-order valence-corrected chi connectivity index (χ3v) is 3.12. The number of β-amino-alcohol motifs (C(OH)–C–C–N with tert-alkyl or cyclic N) is 1. The maximum atomic E-state index is 9.56. The van der Waals surface area contributed by atoms with Crippen LogP contribution in [0.1, 0.15) is 6.42 Å². The highest BCUT2D eigenvalue weighted by molar-refractivity contribution is 5.92. The van der Waals surface area contributed by atoms with Crippen molar-refractivity contribution >= 4 is 16.6 Å². The quantitative estimate of drug-likeness (QED) is 0.786. The van der Waals surface area contributed by atoms with Crippen LogP contribution >= 0.6 is 0 Å². The summed E-state index contributed by atoms with van der Waals surface area (Å²) in [7, 11) is 0. The Balaban J connectivity index is 2.09. The molecule has 0 aliphatic carbocycles. The molecule has 0 bridgehead atoms. The second-order valence-corrected chi connectivity index (χ2v) is 4.24. The summed E-state index contributed by atoms with van der Waals surface area (Å²) in [4.78, 5) is 6.60. The minimum atomic E-state index is -0.208. The minimum Gasteiger partial charge on any atom is -0.391 e. The summed E-state index contributed by atoms with van der Waals surface area (Å²) in [6, 6.07) is 10.3. The van der Waals surface area contributed by atoms with Crippen LogP contribution < -0.4 is 4.90 Å². The van der Waals surface area contributed by atoms with E-state index in [1.807, 2.05) is 24.4 Å². The van der Waals surface area contributed by atoms with E-state index in [9.17, 15) is 5.11 Å². The van der Waals surface area contributed by atoms with Crippen LogP contribution in [0.2, 0.25) is 0 Å². The van der Waals surface area contributed by atoms with Crippen molar-refractivity contribution in [1.29, 1.82) is 0 Å². The number of aromatic nitrogens is 1. The molecule has 0 saturated carbocycles. The molecule has 0 radical (unpaired) electrons. The molecule has 3 nitrogen and oxygen atoms in total. The second-order valence-electron chi connectivity index (χ2n) is 4.24. The lowest BCUT2D eigenvalue weighted by atomic mass is 10.1. The molecule has 3 rings (SSSR count). The van der Waals surface area contributed by atoms with Gasteiger partial charge >= 0.3 is 0 Å². The van der Waals surface area contributed by atoms with Crippen molar-refractivity contribution in [2.45, 2.75) is 12.5 Å². The number of aliphatic hydroxyl groups is 1. The smallest absolute Gasteiger partial charge is 0.136 e. The van der Waals surface area contributed by atoms with Crippen LogP contribution in [0.5, 0.6) is 0 Å². The molecule has 1 N–H and O–H groups in total. The Labute approximate surface area is 94.3 Å². The van der Waals surface area contributed by atoms with E-state index in [4.69, 9.17) is 0 Å². The van der Waals surface area contributed by atoms with E-state index < -0.39 is 0 Å². The highest BCUT2D eigenvalue weighted by Gasteiger charge is 2.22. The summed E-state index contributed by atoms with van der Waals surface area (Å²) in [6.07, 6.45) is 2.47. The summed E-state index contributed by atoms with van der Waals surface area (Å²) in [6.45, 7) is 1.59. The van der Waals surface area contributed by atoms with Crippen LogP contribution in [0.15, 0.2) is 36.5 Å². The van der Waals surface area contributed by atoms with Crippen molar-refractivity contribution in [1.82, 2.24) is 4.98 Å². The lowest BCUT2D eigenvalue weighted by molar-refractivity contribution is 0.198. The predicted octanol–water partition coefficient (Wildman–Crippen LogP) is 1.81. The molecular formula is C13H14N2O. The van der Waals surface area contributed by atoms with E-state index in [-0.39, 0.29) is 6.10 Å². The van der Waals surface area contributed by atoms with Gasteiger partial charge in [-0.05, 0) is 17.9 Å². The van der Waals surface area contributed by atoms with Crippen LogP contribution in [-0.2, 0) is 0 Å². The first-order valence-electron chi connectivity index (χ1n) is 5.61. The largest absolute Gasteiger partial charge is 0.391 e. The second kappa shape index (κ2) is 3.76. The zero-order valence-electron chi connectivity index (χ0n) is 9.00. The molecular weight excluding hydrogens is 200 g/mol. The van der Waals surface area contributed by atoms with E-state index >= 15 is 0 Å². The number of pyridine rings is 1. The molecule has 1 aromatic heterocycles. The molecule has 0 unspecified atom stereocenters. The topological polar surface area (TPSA) is 36.4 Å². The summed E-state index contributed by atoms with van der Waals surface area (Å²) in [5.41, 5.74) is 0. The summed E-state index contributed by atoms with van der Waals surface area (Å²) in [5, 5.41) is 11.9. The average molecular weight is 214 g/mol. The molecule has 2 heterocycles. The van der Waals surface area contributed by atoms with Gasteiger partial charge in [-0.3, -0.25) is 0 Å². The SMILES string of the molecule is O[C@@H]1CCN(c2nccc3ccccc23)C1. The fourth-order valence-corrected chi connectivity index (χ4v) is 2.29. The highest BCUT2D eigenvalue weighted by atomic mass is 16.3. The molecule has 1 atom stereocenters. The fourth-order valence-electron chi connectivity index (χ4n) is 2.29. The van der Waals surface area contributed by atoms with E-state index in [1.165, 1.54) is 10.8 Å². The molecule has 1 aromatic carbocycles. The monoisotopic (exact) mass is 214 g/mol. The minimum absolute atomic E-state index is 0.208. The number of nitrogens with zero attached hydrogens (tertiary/aromatic N) is 2. The average Bonchev–Trinajstić information content (AvgIpc) is 2.75. The third kappa shape index (κ3) is 1.53. The molecule has 0 spiro atoms. The molecule has 3 heteroatoms. The number of rotatable bonds is 1. The standard InChI is InChI=1S/C13H14N2O/c16-11-6-8-15(9-11)13-12-4-2-1-3-10(12)5-7-14-13/h1-5,7,11,16H,6,8-9H2/t11-/m1/s1. The predicted molar refractivity (Wildman–Crippen MR) is 64.6 cm³/mol. The number of hydrogen-bond acceptors (Lipinski definition) is 3. The van der Waals surface area contributed by atoms with Crippen molar-refractivity contribution in [2.75, 3.05) is 18.0 Å². The van der Waals surface area contributed by atoms with Gasteiger partial charge in [0.1, 0.15) is 5.82 Å². The first kappa shape index (κ1) is 9.60. The van der Waals surface area contributed by atoms with Gasteiger partial charge in [-0.2, -0.15) is 0 Å². The third-order valence-electron chi connectivity index (χ3n) is 3.12. The number of anilines is 1. The summed E-state index contributed by atoms with van der Waals surface area (Å²) < 4.78 is 0. The molecule has 1 aliphatic rings. The molecule has 1 saturated heterocycles.